The number of halogens is 1. The Hall–Kier alpha value is -1.65. The maximum absolute atomic E-state index is 13.2. The Labute approximate surface area is 88.1 Å². The van der Waals surface area contributed by atoms with Gasteiger partial charge >= 0.3 is 0 Å². The maximum atomic E-state index is 13.2. The van der Waals surface area contributed by atoms with Gasteiger partial charge in [0.25, 0.3) is 0 Å². The second-order valence-electron chi connectivity index (χ2n) is 2.98. The van der Waals surface area contributed by atoms with Crippen LogP contribution in [-0.4, -0.2) is 20.0 Å². The molecule has 0 unspecified atom stereocenters. The Morgan fingerprint density at radius 1 is 1.60 bits per heavy atom. The van der Waals surface area contributed by atoms with Crippen molar-refractivity contribution in [2.45, 2.75) is 13.3 Å². The Morgan fingerprint density at radius 2 is 2.27 bits per heavy atom. The summed E-state index contributed by atoms with van der Waals surface area (Å²) in [4.78, 5) is 21.7. The molecule has 1 N–H and O–H groups in total. The van der Waals surface area contributed by atoms with Crippen LogP contribution >= 0.6 is 0 Å². The summed E-state index contributed by atoms with van der Waals surface area (Å²) < 4.78 is 13.2. The summed E-state index contributed by atoms with van der Waals surface area (Å²) in [5, 5.41) is 2.40. The number of hydrogen-bond acceptors (Lipinski definition) is 2. The fourth-order valence-electron chi connectivity index (χ4n) is 1.10. The SMILES string of the molecule is [B]c1cc(F)c(C=O)c(NC(=O)CC)c1. The molecule has 1 rings (SSSR count). The molecular formula is C10H9BFNO2. The van der Waals surface area contributed by atoms with E-state index in [1.165, 1.54) is 6.07 Å². The minimum atomic E-state index is -0.739. The van der Waals surface area contributed by atoms with Gasteiger partial charge in [-0.1, -0.05) is 12.4 Å². The van der Waals surface area contributed by atoms with Crippen LogP contribution < -0.4 is 10.8 Å². The van der Waals surface area contributed by atoms with Gasteiger partial charge < -0.3 is 5.32 Å². The highest BCUT2D eigenvalue weighted by Gasteiger charge is 2.10. The number of amides is 1. The molecule has 2 radical (unpaired) electrons. The van der Waals surface area contributed by atoms with Crippen molar-refractivity contribution in [2.24, 2.45) is 0 Å². The molecule has 1 aromatic rings. The monoisotopic (exact) mass is 205 g/mol. The first kappa shape index (κ1) is 11.4. The third-order valence-corrected chi connectivity index (χ3v) is 1.86. The van der Waals surface area contributed by atoms with Gasteiger partial charge in [-0.2, -0.15) is 0 Å². The summed E-state index contributed by atoms with van der Waals surface area (Å²) in [6.07, 6.45) is 0.592. The topological polar surface area (TPSA) is 46.2 Å². The molecule has 0 aliphatic carbocycles. The smallest absolute Gasteiger partial charge is 0.224 e. The van der Waals surface area contributed by atoms with Crippen LogP contribution in [0.2, 0.25) is 0 Å². The standard InChI is InChI=1S/C10H9BFNO2/c1-2-10(15)13-9-4-6(11)3-8(12)7(9)5-14/h3-5H,2H2,1H3,(H,13,15). The van der Waals surface area contributed by atoms with E-state index in [2.05, 4.69) is 5.32 Å². The van der Waals surface area contributed by atoms with E-state index >= 15 is 0 Å². The van der Waals surface area contributed by atoms with Crippen molar-refractivity contribution in [2.75, 3.05) is 5.32 Å². The van der Waals surface area contributed by atoms with E-state index in [1.54, 1.807) is 6.92 Å². The number of anilines is 1. The first-order valence-corrected chi connectivity index (χ1v) is 4.42. The summed E-state index contributed by atoms with van der Waals surface area (Å²) >= 11 is 0. The zero-order valence-electron chi connectivity index (χ0n) is 8.21. The first-order valence-electron chi connectivity index (χ1n) is 4.42. The van der Waals surface area contributed by atoms with Gasteiger partial charge in [0, 0.05) is 6.42 Å². The quantitative estimate of drug-likeness (QED) is 0.585. The largest absolute Gasteiger partial charge is 0.325 e. The lowest BCUT2D eigenvalue weighted by molar-refractivity contribution is -0.115. The molecule has 15 heavy (non-hydrogen) atoms. The van der Waals surface area contributed by atoms with Crippen molar-refractivity contribution in [3.63, 3.8) is 0 Å². The van der Waals surface area contributed by atoms with Gasteiger partial charge in [0.1, 0.15) is 13.7 Å². The highest BCUT2D eigenvalue weighted by Crippen LogP contribution is 2.15. The third kappa shape index (κ3) is 2.65. The average Bonchev–Trinajstić information content (AvgIpc) is 2.17. The third-order valence-electron chi connectivity index (χ3n) is 1.86. The van der Waals surface area contributed by atoms with Crippen LogP contribution in [0, 0.1) is 5.82 Å². The van der Waals surface area contributed by atoms with Gasteiger partial charge in [0.2, 0.25) is 5.91 Å². The first-order chi connectivity index (χ1) is 7.08. The van der Waals surface area contributed by atoms with Gasteiger partial charge in [-0.3, -0.25) is 9.59 Å². The fraction of sp³-hybridized carbons (Fsp3) is 0.200. The molecule has 0 atom stereocenters. The molecule has 0 heterocycles. The number of hydrogen-bond donors (Lipinski definition) is 1. The molecule has 0 spiro atoms. The van der Waals surface area contributed by atoms with Crippen LogP contribution in [0.15, 0.2) is 12.1 Å². The Balaban J connectivity index is 3.14. The van der Waals surface area contributed by atoms with Gasteiger partial charge in [0.05, 0.1) is 11.3 Å². The van der Waals surface area contributed by atoms with Crippen molar-refractivity contribution < 1.29 is 14.0 Å². The molecule has 0 fully saturated rings. The van der Waals surface area contributed by atoms with Crippen LogP contribution in [0.1, 0.15) is 23.7 Å². The number of carbonyl (C=O) groups excluding carboxylic acids is 2. The Bertz CT molecular complexity index is 407. The van der Waals surface area contributed by atoms with Crippen molar-refractivity contribution >= 4 is 31.2 Å². The molecular weight excluding hydrogens is 196 g/mol. The second kappa shape index (κ2) is 4.73. The lowest BCUT2D eigenvalue weighted by Crippen LogP contribution is -2.15. The summed E-state index contributed by atoms with van der Waals surface area (Å²) in [5.74, 6) is -1.04. The zero-order chi connectivity index (χ0) is 11.4. The van der Waals surface area contributed by atoms with Crippen LogP contribution in [0.5, 0.6) is 0 Å². The van der Waals surface area contributed by atoms with Gasteiger partial charge in [-0.15, -0.1) is 0 Å². The molecule has 76 valence electrons. The molecule has 1 amide bonds. The summed E-state index contributed by atoms with van der Waals surface area (Å²) in [6.45, 7) is 1.65. The van der Waals surface area contributed by atoms with Crippen molar-refractivity contribution in [3.05, 3.63) is 23.5 Å². The van der Waals surface area contributed by atoms with E-state index in [1.807, 2.05) is 0 Å². The van der Waals surface area contributed by atoms with E-state index in [9.17, 15) is 14.0 Å². The molecule has 0 aromatic heterocycles. The molecule has 0 saturated heterocycles. The summed E-state index contributed by atoms with van der Waals surface area (Å²) in [6, 6.07) is 2.38. The molecule has 3 nitrogen and oxygen atoms in total. The van der Waals surface area contributed by atoms with Crippen LogP contribution in [0.4, 0.5) is 10.1 Å². The summed E-state index contributed by atoms with van der Waals surface area (Å²) in [5.41, 5.74) is 0.0739. The van der Waals surface area contributed by atoms with Gasteiger partial charge in [-0.25, -0.2) is 4.39 Å². The molecule has 0 aliphatic heterocycles. The molecule has 0 bridgehead atoms. The highest BCUT2D eigenvalue weighted by molar-refractivity contribution is 6.32. The fourth-order valence-corrected chi connectivity index (χ4v) is 1.10. The number of benzene rings is 1. The minimum absolute atomic E-state index is 0.106. The lowest BCUT2D eigenvalue weighted by Gasteiger charge is -2.08. The average molecular weight is 205 g/mol. The summed E-state index contributed by atoms with van der Waals surface area (Å²) in [7, 11) is 5.39. The lowest BCUT2D eigenvalue weighted by atomic mass is 9.94. The Morgan fingerprint density at radius 3 is 2.80 bits per heavy atom. The van der Waals surface area contributed by atoms with Crippen molar-refractivity contribution in [1.82, 2.24) is 0 Å². The van der Waals surface area contributed by atoms with Gasteiger partial charge in [0.15, 0.2) is 6.29 Å². The number of nitrogens with one attached hydrogen (secondary N) is 1. The van der Waals surface area contributed by atoms with E-state index in [0.29, 0.717) is 6.29 Å². The number of rotatable bonds is 3. The van der Waals surface area contributed by atoms with E-state index < -0.39 is 5.82 Å². The maximum Gasteiger partial charge on any atom is 0.224 e. The minimum Gasteiger partial charge on any atom is -0.325 e. The molecule has 1 aromatic carbocycles. The van der Waals surface area contributed by atoms with E-state index in [-0.39, 0.29) is 29.0 Å². The zero-order valence-corrected chi connectivity index (χ0v) is 8.21. The molecule has 5 heteroatoms. The molecule has 0 saturated carbocycles. The highest BCUT2D eigenvalue weighted by atomic mass is 19.1. The number of aldehydes is 1. The predicted octanol–water partition coefficient (Wildman–Crippen LogP) is 0.780. The van der Waals surface area contributed by atoms with Crippen molar-refractivity contribution in [1.29, 1.82) is 0 Å². The van der Waals surface area contributed by atoms with Crippen molar-refractivity contribution in [3.8, 4) is 0 Å². The van der Waals surface area contributed by atoms with E-state index in [0.717, 1.165) is 6.07 Å². The second-order valence-corrected chi connectivity index (χ2v) is 2.98. The van der Waals surface area contributed by atoms with Crippen LogP contribution in [-0.2, 0) is 4.79 Å². The van der Waals surface area contributed by atoms with Crippen LogP contribution in [0.3, 0.4) is 0 Å². The molecule has 0 aliphatic rings. The predicted molar refractivity (Wildman–Crippen MR) is 56.1 cm³/mol. The normalized spacial score (nSPS) is 9.73. The number of carbonyl (C=O) groups is 2. The van der Waals surface area contributed by atoms with E-state index in [4.69, 9.17) is 7.85 Å². The van der Waals surface area contributed by atoms with Gasteiger partial charge in [-0.05, 0) is 12.1 Å². The van der Waals surface area contributed by atoms with Crippen LogP contribution in [0.25, 0.3) is 0 Å². The Kier molecular flexibility index (Phi) is 3.60.